The van der Waals surface area contributed by atoms with E-state index in [1.165, 1.54) is 7.11 Å². The Morgan fingerprint density at radius 2 is 1.88 bits per heavy atom. The SMILES string of the molecule is COC(=O)c1ccc(C)c(NC(=O)CO/N=C\c2ccccc2C)c1. The first-order valence-electron chi connectivity index (χ1n) is 7.71. The standard InChI is InChI=1S/C19H20N2O4/c1-13-6-4-5-7-16(13)11-20-25-12-18(22)21-17-10-15(19(23)24-3)9-8-14(17)2/h4-11H,12H2,1-3H3,(H,21,22)/b20-11-. The molecule has 0 aliphatic carbocycles. The van der Waals surface area contributed by atoms with E-state index >= 15 is 0 Å². The van der Waals surface area contributed by atoms with Gasteiger partial charge in [-0.05, 0) is 42.7 Å². The number of anilines is 1. The van der Waals surface area contributed by atoms with Crippen molar-refractivity contribution in [2.75, 3.05) is 19.0 Å². The number of amides is 1. The van der Waals surface area contributed by atoms with Crippen LogP contribution in [0.25, 0.3) is 0 Å². The van der Waals surface area contributed by atoms with E-state index in [2.05, 4.69) is 15.2 Å². The Bertz CT molecular complexity index is 800. The van der Waals surface area contributed by atoms with Crippen molar-refractivity contribution >= 4 is 23.8 Å². The van der Waals surface area contributed by atoms with Crippen LogP contribution in [0.1, 0.15) is 27.0 Å². The summed E-state index contributed by atoms with van der Waals surface area (Å²) >= 11 is 0. The minimum absolute atomic E-state index is 0.232. The summed E-state index contributed by atoms with van der Waals surface area (Å²) in [6.45, 7) is 3.56. The van der Waals surface area contributed by atoms with Crippen LogP contribution in [-0.2, 0) is 14.4 Å². The number of ether oxygens (including phenoxy) is 1. The van der Waals surface area contributed by atoms with Crippen LogP contribution in [0.15, 0.2) is 47.6 Å². The van der Waals surface area contributed by atoms with E-state index in [1.807, 2.05) is 38.1 Å². The van der Waals surface area contributed by atoms with E-state index in [9.17, 15) is 9.59 Å². The number of nitrogens with zero attached hydrogens (tertiary/aromatic N) is 1. The molecular formula is C19H20N2O4. The number of esters is 1. The van der Waals surface area contributed by atoms with Gasteiger partial charge in [0, 0.05) is 5.69 Å². The van der Waals surface area contributed by atoms with Gasteiger partial charge in [-0.3, -0.25) is 4.79 Å². The zero-order valence-corrected chi connectivity index (χ0v) is 14.4. The topological polar surface area (TPSA) is 77.0 Å². The molecule has 0 unspecified atom stereocenters. The van der Waals surface area contributed by atoms with Gasteiger partial charge in [-0.1, -0.05) is 35.5 Å². The van der Waals surface area contributed by atoms with Gasteiger partial charge in [-0.2, -0.15) is 0 Å². The summed E-state index contributed by atoms with van der Waals surface area (Å²) in [6, 6.07) is 12.6. The second-order valence-corrected chi connectivity index (χ2v) is 5.43. The van der Waals surface area contributed by atoms with Gasteiger partial charge in [-0.25, -0.2) is 4.79 Å². The average Bonchev–Trinajstić information content (AvgIpc) is 2.61. The van der Waals surface area contributed by atoms with Gasteiger partial charge in [0.25, 0.3) is 5.91 Å². The number of aryl methyl sites for hydroxylation is 2. The summed E-state index contributed by atoms with van der Waals surface area (Å²) in [6.07, 6.45) is 1.56. The Balaban J connectivity index is 1.92. The Labute approximate surface area is 146 Å². The first-order chi connectivity index (χ1) is 12.0. The lowest BCUT2D eigenvalue weighted by Gasteiger charge is -2.09. The molecule has 2 aromatic carbocycles. The molecule has 0 aromatic heterocycles. The van der Waals surface area contributed by atoms with Crippen LogP contribution in [-0.4, -0.2) is 31.8 Å². The van der Waals surface area contributed by atoms with Crippen molar-refractivity contribution < 1.29 is 19.2 Å². The first kappa shape index (κ1) is 18.2. The Kier molecular flexibility index (Phi) is 6.28. The van der Waals surface area contributed by atoms with Gasteiger partial charge in [0.1, 0.15) is 0 Å². The minimum Gasteiger partial charge on any atom is -0.465 e. The number of hydrogen-bond acceptors (Lipinski definition) is 5. The summed E-state index contributed by atoms with van der Waals surface area (Å²) in [4.78, 5) is 28.6. The maximum Gasteiger partial charge on any atom is 0.337 e. The molecule has 0 aliphatic rings. The predicted octanol–water partition coefficient (Wildman–Crippen LogP) is 3.08. The third kappa shape index (κ3) is 5.17. The van der Waals surface area contributed by atoms with Crippen molar-refractivity contribution in [1.82, 2.24) is 0 Å². The summed E-state index contributed by atoms with van der Waals surface area (Å²) in [5, 5.41) is 6.50. The fourth-order valence-corrected chi connectivity index (χ4v) is 2.11. The Morgan fingerprint density at radius 3 is 2.60 bits per heavy atom. The van der Waals surface area contributed by atoms with Gasteiger partial charge >= 0.3 is 5.97 Å². The molecule has 1 amide bonds. The van der Waals surface area contributed by atoms with Crippen molar-refractivity contribution in [3.8, 4) is 0 Å². The van der Waals surface area contributed by atoms with Crippen LogP contribution in [0.5, 0.6) is 0 Å². The molecule has 0 saturated heterocycles. The van der Waals surface area contributed by atoms with Crippen molar-refractivity contribution in [3.63, 3.8) is 0 Å². The summed E-state index contributed by atoms with van der Waals surface area (Å²) in [5.41, 5.74) is 3.70. The number of carbonyl (C=O) groups excluding carboxylic acids is 2. The summed E-state index contributed by atoms with van der Waals surface area (Å²) < 4.78 is 4.67. The Hall–Kier alpha value is -3.15. The molecule has 2 aromatic rings. The van der Waals surface area contributed by atoms with Crippen molar-refractivity contribution in [2.45, 2.75) is 13.8 Å². The molecule has 1 N–H and O–H groups in total. The molecule has 0 fully saturated rings. The number of oxime groups is 1. The van der Waals surface area contributed by atoms with Crippen LogP contribution >= 0.6 is 0 Å². The van der Waals surface area contributed by atoms with E-state index in [0.29, 0.717) is 11.3 Å². The largest absolute Gasteiger partial charge is 0.465 e. The van der Waals surface area contributed by atoms with Gasteiger partial charge in [0.15, 0.2) is 6.61 Å². The monoisotopic (exact) mass is 340 g/mol. The lowest BCUT2D eigenvalue weighted by Crippen LogP contribution is -2.18. The fourth-order valence-electron chi connectivity index (χ4n) is 2.11. The van der Waals surface area contributed by atoms with Crippen molar-refractivity contribution in [2.24, 2.45) is 5.16 Å². The number of rotatable bonds is 6. The molecule has 130 valence electrons. The molecule has 25 heavy (non-hydrogen) atoms. The number of benzene rings is 2. The third-order valence-electron chi connectivity index (χ3n) is 3.58. The lowest BCUT2D eigenvalue weighted by molar-refractivity contribution is -0.120. The van der Waals surface area contributed by atoms with E-state index in [0.717, 1.165) is 16.7 Å². The summed E-state index contributed by atoms with van der Waals surface area (Å²) in [5.74, 6) is -0.832. The van der Waals surface area contributed by atoms with E-state index in [4.69, 9.17) is 4.84 Å². The van der Waals surface area contributed by atoms with E-state index in [1.54, 1.807) is 24.4 Å². The zero-order chi connectivity index (χ0) is 18.2. The number of nitrogens with one attached hydrogen (secondary N) is 1. The second-order valence-electron chi connectivity index (χ2n) is 5.43. The molecule has 6 heteroatoms. The molecule has 6 nitrogen and oxygen atoms in total. The van der Waals surface area contributed by atoms with Gasteiger partial charge in [0.05, 0.1) is 18.9 Å². The first-order valence-corrected chi connectivity index (χ1v) is 7.71. The molecule has 0 atom stereocenters. The number of hydrogen-bond donors (Lipinski definition) is 1. The van der Waals surface area contributed by atoms with Crippen LogP contribution in [0.2, 0.25) is 0 Å². The second kappa shape index (κ2) is 8.63. The van der Waals surface area contributed by atoms with Crippen LogP contribution in [0, 0.1) is 13.8 Å². The van der Waals surface area contributed by atoms with Crippen molar-refractivity contribution in [3.05, 3.63) is 64.7 Å². The molecular weight excluding hydrogens is 320 g/mol. The smallest absolute Gasteiger partial charge is 0.337 e. The number of carbonyl (C=O) groups is 2. The summed E-state index contributed by atoms with van der Waals surface area (Å²) in [7, 11) is 1.31. The van der Waals surface area contributed by atoms with Gasteiger partial charge in [0.2, 0.25) is 0 Å². The minimum atomic E-state index is -0.463. The predicted molar refractivity (Wildman–Crippen MR) is 95.9 cm³/mol. The van der Waals surface area contributed by atoms with Crippen molar-refractivity contribution in [1.29, 1.82) is 0 Å². The normalized spacial score (nSPS) is 10.5. The van der Waals surface area contributed by atoms with Gasteiger partial charge < -0.3 is 14.9 Å². The molecule has 0 bridgehead atoms. The Morgan fingerprint density at radius 1 is 1.12 bits per heavy atom. The average molecular weight is 340 g/mol. The number of methoxy groups -OCH3 is 1. The highest BCUT2D eigenvalue weighted by atomic mass is 16.6. The van der Waals surface area contributed by atoms with E-state index in [-0.39, 0.29) is 12.5 Å². The molecule has 0 aliphatic heterocycles. The van der Waals surface area contributed by atoms with E-state index < -0.39 is 5.97 Å². The quantitative estimate of drug-likeness (QED) is 0.498. The molecule has 0 radical (unpaired) electrons. The maximum atomic E-state index is 12.0. The zero-order valence-electron chi connectivity index (χ0n) is 14.4. The van der Waals surface area contributed by atoms with Crippen LogP contribution < -0.4 is 5.32 Å². The highest BCUT2D eigenvalue weighted by Gasteiger charge is 2.10. The molecule has 0 spiro atoms. The maximum absolute atomic E-state index is 12.0. The third-order valence-corrected chi connectivity index (χ3v) is 3.58. The van der Waals surface area contributed by atoms with Crippen LogP contribution in [0.4, 0.5) is 5.69 Å². The molecule has 0 heterocycles. The molecule has 0 saturated carbocycles. The van der Waals surface area contributed by atoms with Gasteiger partial charge in [-0.15, -0.1) is 0 Å². The van der Waals surface area contributed by atoms with Crippen LogP contribution in [0.3, 0.4) is 0 Å². The highest BCUT2D eigenvalue weighted by Crippen LogP contribution is 2.17. The lowest BCUT2D eigenvalue weighted by atomic mass is 10.1. The highest BCUT2D eigenvalue weighted by molar-refractivity contribution is 5.95. The fraction of sp³-hybridized carbons (Fsp3) is 0.211. The molecule has 2 rings (SSSR count).